The molecule has 2 aromatic carbocycles. The first kappa shape index (κ1) is 19.6. The van der Waals surface area contributed by atoms with E-state index in [-0.39, 0.29) is 16.8 Å². The number of sulfonamides is 1. The third kappa shape index (κ3) is 4.57. The lowest BCUT2D eigenvalue weighted by atomic mass is 9.82. The van der Waals surface area contributed by atoms with E-state index in [0.717, 1.165) is 30.0 Å². The van der Waals surface area contributed by atoms with Gasteiger partial charge in [0.15, 0.2) is 0 Å². The Morgan fingerprint density at radius 1 is 0.963 bits per heavy atom. The van der Waals surface area contributed by atoms with Gasteiger partial charge in [0, 0.05) is 25.7 Å². The predicted octanol–water partition coefficient (Wildman–Crippen LogP) is 3.39. The number of amides is 1. The standard InChI is InChI=1S/C21H26N2O3S/c1-23(2)27(25,26)20-10-6-9-18(15-20)21(24)22-19-13-11-17(12-14-19)16-7-4-3-5-8-16/h3-10,15,17,19H,11-14H2,1-2H3,(H,22,24). The third-order valence-electron chi connectivity index (χ3n) is 5.21. The second-order valence-corrected chi connectivity index (χ2v) is 9.40. The summed E-state index contributed by atoms with van der Waals surface area (Å²) >= 11 is 0. The molecule has 5 nitrogen and oxygen atoms in total. The lowest BCUT2D eigenvalue weighted by Crippen LogP contribution is -2.37. The van der Waals surface area contributed by atoms with Gasteiger partial charge in [0.05, 0.1) is 4.90 Å². The first-order valence-electron chi connectivity index (χ1n) is 9.26. The van der Waals surface area contributed by atoms with Gasteiger partial charge in [-0.3, -0.25) is 4.79 Å². The average molecular weight is 387 g/mol. The number of rotatable bonds is 5. The topological polar surface area (TPSA) is 66.5 Å². The molecule has 0 heterocycles. The van der Waals surface area contributed by atoms with Crippen LogP contribution >= 0.6 is 0 Å². The highest BCUT2D eigenvalue weighted by Gasteiger charge is 2.24. The van der Waals surface area contributed by atoms with Crippen LogP contribution in [-0.4, -0.2) is 38.8 Å². The molecule has 3 rings (SSSR count). The molecule has 0 atom stereocenters. The number of nitrogens with one attached hydrogen (secondary N) is 1. The molecule has 1 aliphatic rings. The molecule has 1 fully saturated rings. The van der Waals surface area contributed by atoms with Crippen molar-refractivity contribution in [2.24, 2.45) is 0 Å². The summed E-state index contributed by atoms with van der Waals surface area (Å²) in [5.74, 6) is 0.335. The van der Waals surface area contributed by atoms with Crippen molar-refractivity contribution in [1.29, 1.82) is 0 Å². The van der Waals surface area contributed by atoms with E-state index in [1.165, 1.54) is 31.8 Å². The van der Waals surface area contributed by atoms with Gasteiger partial charge in [0.1, 0.15) is 0 Å². The Hall–Kier alpha value is -2.18. The molecule has 27 heavy (non-hydrogen) atoms. The van der Waals surface area contributed by atoms with E-state index in [9.17, 15) is 13.2 Å². The van der Waals surface area contributed by atoms with E-state index >= 15 is 0 Å². The fourth-order valence-corrected chi connectivity index (χ4v) is 4.52. The van der Waals surface area contributed by atoms with Crippen LogP contribution in [-0.2, 0) is 10.0 Å². The number of benzene rings is 2. The zero-order valence-corrected chi connectivity index (χ0v) is 16.6. The van der Waals surface area contributed by atoms with Crippen LogP contribution in [0.5, 0.6) is 0 Å². The smallest absolute Gasteiger partial charge is 0.251 e. The molecule has 2 aromatic rings. The van der Waals surface area contributed by atoms with Gasteiger partial charge in [-0.05, 0) is 55.4 Å². The fourth-order valence-electron chi connectivity index (χ4n) is 3.57. The first-order chi connectivity index (χ1) is 12.9. The number of hydrogen-bond acceptors (Lipinski definition) is 3. The maximum absolute atomic E-state index is 12.6. The molecule has 0 unspecified atom stereocenters. The molecular formula is C21H26N2O3S. The van der Waals surface area contributed by atoms with Crippen molar-refractivity contribution < 1.29 is 13.2 Å². The second-order valence-electron chi connectivity index (χ2n) is 7.25. The Balaban J connectivity index is 1.62. The van der Waals surface area contributed by atoms with Crippen LogP contribution in [0.15, 0.2) is 59.5 Å². The maximum Gasteiger partial charge on any atom is 0.251 e. The van der Waals surface area contributed by atoms with E-state index in [2.05, 4.69) is 29.6 Å². The summed E-state index contributed by atoms with van der Waals surface area (Å²) in [5.41, 5.74) is 1.74. The molecule has 144 valence electrons. The van der Waals surface area contributed by atoms with Crippen LogP contribution < -0.4 is 5.32 Å². The summed E-state index contributed by atoms with van der Waals surface area (Å²) in [6, 6.07) is 16.8. The molecule has 0 spiro atoms. The minimum absolute atomic E-state index is 0.131. The van der Waals surface area contributed by atoms with Gasteiger partial charge in [-0.2, -0.15) is 0 Å². The number of nitrogens with zero attached hydrogens (tertiary/aromatic N) is 1. The van der Waals surface area contributed by atoms with Crippen LogP contribution in [0.2, 0.25) is 0 Å². The molecule has 6 heteroatoms. The molecule has 1 amide bonds. The lowest BCUT2D eigenvalue weighted by Gasteiger charge is -2.29. The highest BCUT2D eigenvalue weighted by Crippen LogP contribution is 2.32. The van der Waals surface area contributed by atoms with Gasteiger partial charge in [-0.1, -0.05) is 36.4 Å². The van der Waals surface area contributed by atoms with Crippen molar-refractivity contribution in [3.05, 3.63) is 65.7 Å². The molecule has 1 N–H and O–H groups in total. The number of carbonyl (C=O) groups excluding carboxylic acids is 1. The largest absolute Gasteiger partial charge is 0.349 e. The highest BCUT2D eigenvalue weighted by molar-refractivity contribution is 7.89. The second kappa shape index (κ2) is 8.23. The third-order valence-corrected chi connectivity index (χ3v) is 7.02. The van der Waals surface area contributed by atoms with Gasteiger partial charge >= 0.3 is 0 Å². The SMILES string of the molecule is CN(C)S(=O)(=O)c1cccc(C(=O)NC2CCC(c3ccccc3)CC2)c1. The van der Waals surface area contributed by atoms with E-state index in [1.54, 1.807) is 12.1 Å². The Bertz CT molecular complexity index is 887. The average Bonchev–Trinajstić information content (AvgIpc) is 2.69. The van der Waals surface area contributed by atoms with Crippen LogP contribution in [0, 0.1) is 0 Å². The maximum atomic E-state index is 12.6. The van der Waals surface area contributed by atoms with Gasteiger partial charge in [-0.15, -0.1) is 0 Å². The Morgan fingerprint density at radius 2 is 1.63 bits per heavy atom. The summed E-state index contributed by atoms with van der Waals surface area (Å²) < 4.78 is 25.7. The van der Waals surface area contributed by atoms with E-state index in [1.807, 2.05) is 6.07 Å². The molecule has 1 aliphatic carbocycles. The normalized spacial score (nSPS) is 20.4. The van der Waals surface area contributed by atoms with Gasteiger partial charge in [0.2, 0.25) is 10.0 Å². The minimum atomic E-state index is -3.55. The van der Waals surface area contributed by atoms with Gasteiger partial charge in [0.25, 0.3) is 5.91 Å². The number of hydrogen-bond donors (Lipinski definition) is 1. The lowest BCUT2D eigenvalue weighted by molar-refractivity contribution is 0.0925. The highest BCUT2D eigenvalue weighted by atomic mass is 32.2. The van der Waals surface area contributed by atoms with Crippen LogP contribution in [0.1, 0.15) is 47.5 Å². The minimum Gasteiger partial charge on any atom is -0.349 e. The van der Waals surface area contributed by atoms with E-state index in [0.29, 0.717) is 11.5 Å². The Morgan fingerprint density at radius 3 is 2.26 bits per heavy atom. The van der Waals surface area contributed by atoms with E-state index in [4.69, 9.17) is 0 Å². The Kier molecular flexibility index (Phi) is 5.97. The fraction of sp³-hybridized carbons (Fsp3) is 0.381. The monoisotopic (exact) mass is 386 g/mol. The first-order valence-corrected chi connectivity index (χ1v) is 10.7. The van der Waals surface area contributed by atoms with E-state index < -0.39 is 10.0 Å². The van der Waals surface area contributed by atoms with Crippen molar-refractivity contribution in [3.63, 3.8) is 0 Å². The predicted molar refractivity (Wildman–Crippen MR) is 106 cm³/mol. The van der Waals surface area contributed by atoms with Crippen molar-refractivity contribution in [1.82, 2.24) is 9.62 Å². The Labute approximate surface area is 161 Å². The number of carbonyl (C=O) groups is 1. The van der Waals surface area contributed by atoms with Crippen molar-refractivity contribution in [2.45, 2.75) is 42.5 Å². The molecule has 0 radical (unpaired) electrons. The van der Waals surface area contributed by atoms with Crippen LogP contribution in [0.3, 0.4) is 0 Å². The molecule has 0 aromatic heterocycles. The zero-order valence-electron chi connectivity index (χ0n) is 15.8. The van der Waals surface area contributed by atoms with Crippen LogP contribution in [0.25, 0.3) is 0 Å². The van der Waals surface area contributed by atoms with Gasteiger partial charge < -0.3 is 5.32 Å². The molecule has 0 saturated heterocycles. The molecule has 1 saturated carbocycles. The quantitative estimate of drug-likeness (QED) is 0.856. The summed E-state index contributed by atoms with van der Waals surface area (Å²) in [6.45, 7) is 0. The molecule has 0 bridgehead atoms. The van der Waals surface area contributed by atoms with Crippen LogP contribution in [0.4, 0.5) is 0 Å². The summed E-state index contributed by atoms with van der Waals surface area (Å²) in [5, 5.41) is 3.07. The van der Waals surface area contributed by atoms with Crippen molar-refractivity contribution in [3.8, 4) is 0 Å². The summed E-state index contributed by atoms with van der Waals surface area (Å²) in [7, 11) is -0.592. The summed E-state index contributed by atoms with van der Waals surface area (Å²) in [6.07, 6.45) is 3.95. The van der Waals surface area contributed by atoms with Crippen molar-refractivity contribution >= 4 is 15.9 Å². The zero-order chi connectivity index (χ0) is 19.4. The summed E-state index contributed by atoms with van der Waals surface area (Å²) in [4.78, 5) is 12.7. The molecule has 0 aliphatic heterocycles. The van der Waals surface area contributed by atoms with Crippen molar-refractivity contribution in [2.75, 3.05) is 14.1 Å². The van der Waals surface area contributed by atoms with Gasteiger partial charge in [-0.25, -0.2) is 12.7 Å². The molecular weight excluding hydrogens is 360 g/mol.